The largest absolute Gasteiger partial charge is 0.433 e. The number of fused-ring (bicyclic) bond motifs is 1. The van der Waals surface area contributed by atoms with E-state index in [9.17, 15) is 13.2 Å². The molecule has 0 aliphatic carbocycles. The second kappa shape index (κ2) is 6.90. The van der Waals surface area contributed by atoms with Gasteiger partial charge in [-0.3, -0.25) is 0 Å². The summed E-state index contributed by atoms with van der Waals surface area (Å²) in [6.07, 6.45) is -4.59. The first-order valence-electron chi connectivity index (χ1n) is 6.76. The predicted molar refractivity (Wildman–Crippen MR) is 98.0 cm³/mol. The SMILES string of the molecule is CC(Sc1nc(N)cc(C(F)(F)F)n1)c1cc2c(Br)csc2c(Cl)n1. The maximum absolute atomic E-state index is 12.9. The smallest absolute Gasteiger partial charge is 0.384 e. The number of nitrogens with two attached hydrogens (primary N) is 1. The molecule has 3 heterocycles. The number of halogens is 5. The van der Waals surface area contributed by atoms with Crippen molar-refractivity contribution in [2.24, 2.45) is 0 Å². The van der Waals surface area contributed by atoms with Crippen LogP contribution in [0.3, 0.4) is 0 Å². The van der Waals surface area contributed by atoms with Crippen molar-refractivity contribution < 1.29 is 13.2 Å². The third-order valence-corrected chi connectivity index (χ3v) is 6.54. The number of nitrogen functional groups attached to an aromatic ring is 1. The van der Waals surface area contributed by atoms with Gasteiger partial charge in [0.1, 0.15) is 11.0 Å². The molecule has 0 fully saturated rings. The summed E-state index contributed by atoms with van der Waals surface area (Å²) < 4.78 is 40.3. The first-order chi connectivity index (χ1) is 11.6. The first kappa shape index (κ1) is 18.7. The van der Waals surface area contributed by atoms with Crippen molar-refractivity contribution in [1.29, 1.82) is 0 Å². The van der Waals surface area contributed by atoms with E-state index in [0.29, 0.717) is 16.9 Å². The van der Waals surface area contributed by atoms with Gasteiger partial charge in [0, 0.05) is 21.3 Å². The lowest BCUT2D eigenvalue weighted by atomic mass is 10.2. The van der Waals surface area contributed by atoms with Crippen LogP contribution in [-0.2, 0) is 6.18 Å². The van der Waals surface area contributed by atoms with Gasteiger partial charge in [-0.05, 0) is 28.9 Å². The van der Waals surface area contributed by atoms with Gasteiger partial charge in [0.25, 0.3) is 0 Å². The van der Waals surface area contributed by atoms with Crippen molar-refractivity contribution in [1.82, 2.24) is 15.0 Å². The van der Waals surface area contributed by atoms with E-state index >= 15 is 0 Å². The van der Waals surface area contributed by atoms with E-state index in [0.717, 1.165) is 26.3 Å². The van der Waals surface area contributed by atoms with Crippen LogP contribution in [0.5, 0.6) is 0 Å². The Bertz CT molecular complexity index is 948. The Balaban J connectivity index is 1.94. The van der Waals surface area contributed by atoms with Gasteiger partial charge < -0.3 is 5.73 Å². The summed E-state index contributed by atoms with van der Waals surface area (Å²) in [7, 11) is 0. The van der Waals surface area contributed by atoms with Crippen LogP contribution in [0.4, 0.5) is 19.0 Å². The molecule has 0 aromatic carbocycles. The molecule has 3 aromatic rings. The van der Waals surface area contributed by atoms with Crippen LogP contribution in [0.2, 0.25) is 5.15 Å². The Hall–Kier alpha value is -1.10. The fourth-order valence-electron chi connectivity index (χ4n) is 2.05. The predicted octanol–water partition coefficient (Wildman–Crippen LogP) is 5.96. The molecule has 4 nitrogen and oxygen atoms in total. The number of thiophene rings is 1. The summed E-state index contributed by atoms with van der Waals surface area (Å²) in [6.45, 7) is 1.79. The Kier molecular flexibility index (Phi) is 5.16. The van der Waals surface area contributed by atoms with Gasteiger partial charge in [0.05, 0.1) is 15.6 Å². The number of hydrogen-bond donors (Lipinski definition) is 1. The molecule has 25 heavy (non-hydrogen) atoms. The number of thioether (sulfide) groups is 1. The van der Waals surface area contributed by atoms with E-state index in [4.69, 9.17) is 17.3 Å². The second-order valence-electron chi connectivity index (χ2n) is 5.02. The average Bonchev–Trinajstić information content (AvgIpc) is 2.88. The standard InChI is InChI=1S/C14H9BrClF3N4S2/c1-5(8-2-6-7(15)4-24-11(6)12(16)21-8)25-13-22-9(14(17,18)19)3-10(20)23-13/h2-5H,1H3,(H2,20,22,23). The Morgan fingerprint density at radius 1 is 1.28 bits per heavy atom. The lowest BCUT2D eigenvalue weighted by Crippen LogP contribution is -2.11. The lowest BCUT2D eigenvalue weighted by molar-refractivity contribution is -0.141. The van der Waals surface area contributed by atoms with Gasteiger partial charge in [0.2, 0.25) is 0 Å². The van der Waals surface area contributed by atoms with Gasteiger partial charge in [-0.2, -0.15) is 13.2 Å². The lowest BCUT2D eigenvalue weighted by Gasteiger charge is -2.13. The molecule has 0 saturated heterocycles. The Morgan fingerprint density at radius 2 is 2.00 bits per heavy atom. The molecule has 132 valence electrons. The van der Waals surface area contributed by atoms with Crippen LogP contribution < -0.4 is 5.73 Å². The topological polar surface area (TPSA) is 64.7 Å². The van der Waals surface area contributed by atoms with Gasteiger partial charge in [0.15, 0.2) is 10.9 Å². The van der Waals surface area contributed by atoms with Crippen LogP contribution in [0.1, 0.15) is 23.6 Å². The average molecular weight is 470 g/mol. The molecule has 1 unspecified atom stereocenters. The van der Waals surface area contributed by atoms with E-state index in [1.54, 1.807) is 6.92 Å². The third-order valence-electron chi connectivity index (χ3n) is 3.20. The number of alkyl halides is 3. The van der Waals surface area contributed by atoms with Crippen molar-refractivity contribution in [3.8, 4) is 0 Å². The van der Waals surface area contributed by atoms with Gasteiger partial charge in [-0.1, -0.05) is 23.4 Å². The van der Waals surface area contributed by atoms with Crippen molar-refractivity contribution in [2.45, 2.75) is 23.5 Å². The van der Waals surface area contributed by atoms with Crippen LogP contribution in [0.25, 0.3) is 10.1 Å². The molecule has 2 N–H and O–H groups in total. The Morgan fingerprint density at radius 3 is 2.68 bits per heavy atom. The minimum absolute atomic E-state index is 0.0674. The maximum atomic E-state index is 12.9. The quantitative estimate of drug-likeness (QED) is 0.291. The molecule has 3 aromatic heterocycles. The third kappa shape index (κ3) is 4.02. The van der Waals surface area contributed by atoms with Crippen LogP contribution in [-0.4, -0.2) is 15.0 Å². The summed E-state index contributed by atoms with van der Waals surface area (Å²) in [5, 5.41) is 2.76. The summed E-state index contributed by atoms with van der Waals surface area (Å²) in [5.41, 5.74) is 5.01. The van der Waals surface area contributed by atoms with Crippen molar-refractivity contribution in [3.63, 3.8) is 0 Å². The van der Waals surface area contributed by atoms with Crippen molar-refractivity contribution in [3.05, 3.63) is 38.5 Å². The summed E-state index contributed by atoms with van der Waals surface area (Å²) in [6, 6.07) is 2.55. The van der Waals surface area contributed by atoms with Crippen LogP contribution >= 0.6 is 50.6 Å². The van der Waals surface area contributed by atoms with E-state index < -0.39 is 11.9 Å². The molecule has 0 aliphatic rings. The molecule has 11 heteroatoms. The molecule has 0 radical (unpaired) electrons. The first-order valence-corrected chi connectivity index (χ1v) is 9.69. The fraction of sp³-hybridized carbons (Fsp3) is 0.214. The van der Waals surface area contributed by atoms with Gasteiger partial charge in [-0.25, -0.2) is 15.0 Å². The number of hydrogen-bond acceptors (Lipinski definition) is 6. The molecule has 0 saturated carbocycles. The van der Waals surface area contributed by atoms with E-state index in [2.05, 4.69) is 30.9 Å². The van der Waals surface area contributed by atoms with Crippen LogP contribution in [0, 0.1) is 0 Å². The van der Waals surface area contributed by atoms with Crippen LogP contribution in [0.15, 0.2) is 27.1 Å². The highest BCUT2D eigenvalue weighted by atomic mass is 79.9. The number of pyridine rings is 1. The number of nitrogens with zero attached hydrogens (tertiary/aromatic N) is 3. The minimum atomic E-state index is -4.59. The molecular formula is C14H9BrClF3N4S2. The van der Waals surface area contributed by atoms with E-state index in [-0.39, 0.29) is 16.2 Å². The van der Waals surface area contributed by atoms with Gasteiger partial charge >= 0.3 is 6.18 Å². The molecule has 0 aliphatic heterocycles. The monoisotopic (exact) mass is 468 g/mol. The van der Waals surface area contributed by atoms with Crippen molar-refractivity contribution in [2.75, 3.05) is 5.73 Å². The summed E-state index contributed by atoms with van der Waals surface area (Å²) in [5.74, 6) is -0.237. The number of aromatic nitrogens is 3. The highest BCUT2D eigenvalue weighted by Gasteiger charge is 2.33. The summed E-state index contributed by atoms with van der Waals surface area (Å²) >= 11 is 12.1. The summed E-state index contributed by atoms with van der Waals surface area (Å²) in [4.78, 5) is 11.7. The highest BCUT2D eigenvalue weighted by Crippen LogP contribution is 2.40. The fourth-order valence-corrected chi connectivity index (χ4v) is 4.76. The Labute approximate surface area is 162 Å². The zero-order chi connectivity index (χ0) is 18.4. The maximum Gasteiger partial charge on any atom is 0.433 e. The van der Waals surface area contributed by atoms with E-state index in [1.165, 1.54) is 11.3 Å². The number of rotatable bonds is 3. The molecule has 3 rings (SSSR count). The molecule has 0 amide bonds. The molecule has 0 spiro atoms. The minimum Gasteiger partial charge on any atom is -0.384 e. The molecule has 0 bridgehead atoms. The van der Waals surface area contributed by atoms with Gasteiger partial charge in [-0.15, -0.1) is 11.3 Å². The highest BCUT2D eigenvalue weighted by molar-refractivity contribution is 9.10. The zero-order valence-electron chi connectivity index (χ0n) is 12.4. The number of anilines is 1. The van der Waals surface area contributed by atoms with E-state index in [1.807, 2.05) is 11.4 Å². The second-order valence-corrected chi connectivity index (χ2v) is 8.42. The van der Waals surface area contributed by atoms with Crippen molar-refractivity contribution >= 4 is 66.5 Å². The molecular weight excluding hydrogens is 461 g/mol. The molecule has 1 atom stereocenters. The normalized spacial score (nSPS) is 13.4. The zero-order valence-corrected chi connectivity index (χ0v) is 16.4.